The zero-order valence-corrected chi connectivity index (χ0v) is 21.2. The maximum absolute atomic E-state index is 13.1. The highest BCUT2D eigenvalue weighted by molar-refractivity contribution is 9.10. The summed E-state index contributed by atoms with van der Waals surface area (Å²) in [5.74, 6) is 0.712. The van der Waals surface area contributed by atoms with Gasteiger partial charge in [-0.3, -0.25) is 9.78 Å². The monoisotopic (exact) mass is 547 g/mol. The number of rotatable bonds is 5. The van der Waals surface area contributed by atoms with Crippen molar-refractivity contribution >= 4 is 44.4 Å². The number of hydrogen-bond acceptors (Lipinski definition) is 7. The summed E-state index contributed by atoms with van der Waals surface area (Å²) in [4.78, 5) is 30.1. The molecule has 182 valence electrons. The molecule has 5 rings (SSSR count). The molecule has 0 radical (unpaired) electrons. The van der Waals surface area contributed by atoms with Gasteiger partial charge in [0.05, 0.1) is 12.8 Å². The molecular weight excluding hydrogens is 526 g/mol. The van der Waals surface area contributed by atoms with E-state index in [9.17, 15) is 9.59 Å². The molecular formula is C27H22BrN3O5. The minimum Gasteiger partial charge on any atom is -0.497 e. The van der Waals surface area contributed by atoms with E-state index in [0.717, 1.165) is 21.8 Å². The second-order valence-electron chi connectivity index (χ2n) is 8.27. The molecule has 0 atom stereocenters. The summed E-state index contributed by atoms with van der Waals surface area (Å²) in [7, 11) is 1.54. The number of aryl methyl sites for hydroxylation is 1. The highest BCUT2D eigenvalue weighted by Crippen LogP contribution is 2.33. The lowest BCUT2D eigenvalue weighted by Gasteiger charge is -2.13. The Morgan fingerprint density at radius 1 is 1.14 bits per heavy atom. The Kier molecular flexibility index (Phi) is 6.56. The van der Waals surface area contributed by atoms with Crippen LogP contribution in [0, 0.1) is 6.92 Å². The molecule has 36 heavy (non-hydrogen) atoms. The first-order valence-electron chi connectivity index (χ1n) is 11.3. The summed E-state index contributed by atoms with van der Waals surface area (Å²) in [6.45, 7) is 1.79. The number of ether oxygens (including phenoxy) is 2. The van der Waals surface area contributed by atoms with Crippen molar-refractivity contribution in [1.82, 2.24) is 10.4 Å². The molecule has 0 saturated carbocycles. The highest BCUT2D eigenvalue weighted by atomic mass is 79.9. The van der Waals surface area contributed by atoms with Gasteiger partial charge in [-0.25, -0.2) is 10.2 Å². The lowest BCUT2D eigenvalue weighted by atomic mass is 9.93. The molecule has 2 aromatic heterocycles. The second-order valence-corrected chi connectivity index (χ2v) is 9.13. The molecule has 9 heteroatoms. The molecule has 0 saturated heterocycles. The number of aromatic nitrogens is 1. The van der Waals surface area contributed by atoms with E-state index in [2.05, 4.69) is 31.4 Å². The van der Waals surface area contributed by atoms with Gasteiger partial charge in [-0.2, -0.15) is 5.10 Å². The zero-order chi connectivity index (χ0) is 25.2. The van der Waals surface area contributed by atoms with E-state index in [-0.39, 0.29) is 11.7 Å². The lowest BCUT2D eigenvalue weighted by molar-refractivity contribution is 0.0700. The summed E-state index contributed by atoms with van der Waals surface area (Å²) in [6.07, 6.45) is 3.73. The number of carbonyl (C=O) groups is 2. The fraction of sp³-hybridized carbons (Fsp3) is 0.185. The first-order valence-corrected chi connectivity index (χ1v) is 12.1. The molecule has 2 aromatic carbocycles. The Balaban J connectivity index is 1.40. The normalized spacial score (nSPS) is 13.9. The average molecular weight is 548 g/mol. The summed E-state index contributed by atoms with van der Waals surface area (Å²) in [5.41, 5.74) is 5.62. The van der Waals surface area contributed by atoms with Crippen molar-refractivity contribution in [3.8, 4) is 11.5 Å². The summed E-state index contributed by atoms with van der Waals surface area (Å²) in [5, 5.41) is 5.21. The van der Waals surface area contributed by atoms with Crippen molar-refractivity contribution < 1.29 is 23.5 Å². The van der Waals surface area contributed by atoms with E-state index < -0.39 is 5.97 Å². The quantitative estimate of drug-likeness (QED) is 0.198. The minimum absolute atomic E-state index is 0.112. The Morgan fingerprint density at radius 3 is 2.83 bits per heavy atom. The Morgan fingerprint density at radius 2 is 2.00 bits per heavy atom. The number of methoxy groups -OCH3 is 1. The van der Waals surface area contributed by atoms with Crippen LogP contribution in [0.3, 0.4) is 0 Å². The molecule has 0 unspecified atom stereocenters. The third-order valence-corrected chi connectivity index (χ3v) is 6.71. The number of nitrogens with zero attached hydrogens (tertiary/aromatic N) is 2. The SMILES string of the molecule is COc1cccc(C(=O)N/N=C2\CCCc3oc(C(=O)Oc4ccc(Br)c5cccnc45)c(C)c32)c1. The van der Waals surface area contributed by atoms with Crippen LogP contribution in [0.4, 0.5) is 0 Å². The van der Waals surface area contributed by atoms with Gasteiger partial charge in [0.15, 0.2) is 5.75 Å². The minimum atomic E-state index is -0.615. The number of furan rings is 1. The molecule has 0 spiro atoms. The molecule has 1 aliphatic rings. The number of amides is 1. The van der Waals surface area contributed by atoms with Crippen LogP contribution >= 0.6 is 15.9 Å². The Hall–Kier alpha value is -3.98. The van der Waals surface area contributed by atoms with Gasteiger partial charge in [0.1, 0.15) is 17.0 Å². The molecule has 0 aliphatic heterocycles. The first kappa shape index (κ1) is 23.7. The third-order valence-electron chi connectivity index (χ3n) is 6.02. The number of pyridine rings is 1. The standard InChI is InChI=1S/C27H22BrN3O5/c1-15-23-20(30-31-26(32)16-6-3-7-17(14-16)34-2)9-4-10-21(23)35-25(15)27(33)36-22-12-11-19(28)18-8-5-13-29-24(18)22/h3,5-8,11-14H,4,9-10H2,1-2H3,(H,31,32)/b30-20+. The number of hydrazone groups is 1. The third kappa shape index (κ3) is 4.49. The van der Waals surface area contributed by atoms with Crippen LogP contribution in [-0.4, -0.2) is 29.7 Å². The predicted octanol–water partition coefficient (Wildman–Crippen LogP) is 5.60. The van der Waals surface area contributed by atoms with Gasteiger partial charge in [-0.05, 0) is 56.2 Å². The summed E-state index contributed by atoms with van der Waals surface area (Å²) >= 11 is 3.50. The van der Waals surface area contributed by atoms with Crippen LogP contribution in [0.25, 0.3) is 10.9 Å². The number of fused-ring (bicyclic) bond motifs is 2. The van der Waals surface area contributed by atoms with E-state index in [1.54, 1.807) is 50.6 Å². The van der Waals surface area contributed by atoms with Gasteiger partial charge in [-0.15, -0.1) is 0 Å². The van der Waals surface area contributed by atoms with Crippen molar-refractivity contribution in [1.29, 1.82) is 0 Å². The van der Waals surface area contributed by atoms with Crippen LogP contribution < -0.4 is 14.9 Å². The van der Waals surface area contributed by atoms with Crippen molar-refractivity contribution in [3.63, 3.8) is 0 Å². The van der Waals surface area contributed by atoms with Crippen molar-refractivity contribution in [2.75, 3.05) is 7.11 Å². The molecule has 2 heterocycles. The van der Waals surface area contributed by atoms with Crippen molar-refractivity contribution in [3.05, 3.63) is 87.4 Å². The van der Waals surface area contributed by atoms with E-state index in [1.807, 2.05) is 18.2 Å². The molecule has 1 aliphatic carbocycles. The van der Waals surface area contributed by atoms with Crippen LogP contribution in [0.15, 0.2) is 68.7 Å². The van der Waals surface area contributed by atoms with Crippen LogP contribution in [0.1, 0.15) is 50.6 Å². The van der Waals surface area contributed by atoms with E-state index in [0.29, 0.717) is 52.5 Å². The summed E-state index contributed by atoms with van der Waals surface area (Å²) < 4.78 is 17.7. The highest BCUT2D eigenvalue weighted by Gasteiger charge is 2.29. The molecule has 8 nitrogen and oxygen atoms in total. The largest absolute Gasteiger partial charge is 0.497 e. The topological polar surface area (TPSA) is 103 Å². The van der Waals surface area contributed by atoms with Gasteiger partial charge in [0, 0.05) is 39.2 Å². The lowest BCUT2D eigenvalue weighted by Crippen LogP contribution is -2.22. The first-order chi connectivity index (χ1) is 17.5. The molecule has 1 N–H and O–H groups in total. The van der Waals surface area contributed by atoms with Crippen molar-refractivity contribution in [2.45, 2.75) is 26.2 Å². The van der Waals surface area contributed by atoms with Crippen molar-refractivity contribution in [2.24, 2.45) is 5.10 Å². The predicted molar refractivity (Wildman–Crippen MR) is 138 cm³/mol. The maximum Gasteiger partial charge on any atom is 0.380 e. The second kappa shape index (κ2) is 9.94. The van der Waals surface area contributed by atoms with Gasteiger partial charge in [0.2, 0.25) is 5.76 Å². The Bertz CT molecular complexity index is 1530. The zero-order valence-electron chi connectivity index (χ0n) is 19.6. The number of carbonyl (C=O) groups excluding carboxylic acids is 2. The van der Waals surface area contributed by atoms with E-state index in [1.165, 1.54) is 0 Å². The maximum atomic E-state index is 13.1. The number of hydrogen-bond donors (Lipinski definition) is 1. The Labute approximate surface area is 215 Å². The van der Waals surface area contributed by atoms with Crippen LogP contribution in [0.5, 0.6) is 11.5 Å². The van der Waals surface area contributed by atoms with Crippen LogP contribution in [-0.2, 0) is 6.42 Å². The fourth-order valence-electron chi connectivity index (χ4n) is 4.26. The van der Waals surface area contributed by atoms with Gasteiger partial charge < -0.3 is 13.9 Å². The molecule has 0 bridgehead atoms. The smallest absolute Gasteiger partial charge is 0.380 e. The van der Waals surface area contributed by atoms with E-state index in [4.69, 9.17) is 13.9 Å². The number of nitrogens with one attached hydrogen (secondary N) is 1. The van der Waals surface area contributed by atoms with Crippen LogP contribution in [0.2, 0.25) is 0 Å². The van der Waals surface area contributed by atoms with Gasteiger partial charge in [-0.1, -0.05) is 28.1 Å². The molecule has 0 fully saturated rings. The molecule has 4 aromatic rings. The van der Waals surface area contributed by atoms with E-state index >= 15 is 0 Å². The average Bonchev–Trinajstić information content (AvgIpc) is 3.26. The van der Waals surface area contributed by atoms with Gasteiger partial charge >= 0.3 is 5.97 Å². The fourth-order valence-corrected chi connectivity index (χ4v) is 4.71. The molecule has 1 amide bonds. The number of esters is 1. The number of benzene rings is 2. The number of halogens is 1. The summed E-state index contributed by atoms with van der Waals surface area (Å²) in [6, 6.07) is 14.0. The van der Waals surface area contributed by atoms with Gasteiger partial charge in [0.25, 0.3) is 5.91 Å².